The first-order chi connectivity index (χ1) is 10.1. The van der Waals surface area contributed by atoms with Gasteiger partial charge in [0.2, 0.25) is 0 Å². The maximum Gasteiger partial charge on any atom is 0.323 e. The molecule has 1 heterocycles. The molecule has 0 fully saturated rings. The first-order valence-corrected chi connectivity index (χ1v) is 7.39. The quantitative estimate of drug-likeness (QED) is 0.824. The van der Waals surface area contributed by atoms with Crippen LogP contribution in [-0.4, -0.2) is 19.1 Å². The van der Waals surface area contributed by atoms with Crippen LogP contribution in [0, 0.1) is 5.92 Å². The number of nitrogens with one attached hydrogen (secondary N) is 1. The molecule has 0 aliphatic carbocycles. The molecule has 0 bridgehead atoms. The SMILES string of the molecule is CCC(C)C(NC(C)c1cc2ccccc2o1)C(=O)OC. The Morgan fingerprint density at radius 3 is 2.67 bits per heavy atom. The summed E-state index contributed by atoms with van der Waals surface area (Å²) in [5, 5.41) is 4.40. The molecule has 0 aliphatic rings. The van der Waals surface area contributed by atoms with Crippen molar-refractivity contribution in [1.29, 1.82) is 0 Å². The van der Waals surface area contributed by atoms with Crippen LogP contribution in [0.15, 0.2) is 34.7 Å². The fourth-order valence-electron chi connectivity index (χ4n) is 2.39. The molecule has 1 aromatic heterocycles. The van der Waals surface area contributed by atoms with Gasteiger partial charge in [0, 0.05) is 5.39 Å². The Morgan fingerprint density at radius 1 is 1.33 bits per heavy atom. The molecule has 0 radical (unpaired) electrons. The fraction of sp³-hybridized carbons (Fsp3) is 0.471. The van der Waals surface area contributed by atoms with Crippen molar-refractivity contribution in [3.05, 3.63) is 36.1 Å². The van der Waals surface area contributed by atoms with Crippen LogP contribution in [0.5, 0.6) is 0 Å². The molecular weight excluding hydrogens is 266 g/mol. The summed E-state index contributed by atoms with van der Waals surface area (Å²) in [6.45, 7) is 6.10. The summed E-state index contributed by atoms with van der Waals surface area (Å²) >= 11 is 0. The Balaban J connectivity index is 2.17. The van der Waals surface area contributed by atoms with Gasteiger partial charge in [-0.15, -0.1) is 0 Å². The molecule has 0 amide bonds. The molecular formula is C17H23NO3. The van der Waals surface area contributed by atoms with Gasteiger partial charge in [0.15, 0.2) is 0 Å². The van der Waals surface area contributed by atoms with E-state index in [4.69, 9.17) is 9.15 Å². The number of hydrogen-bond acceptors (Lipinski definition) is 4. The number of benzene rings is 1. The van der Waals surface area contributed by atoms with E-state index in [1.54, 1.807) is 0 Å². The molecule has 3 atom stereocenters. The zero-order valence-electron chi connectivity index (χ0n) is 13.1. The highest BCUT2D eigenvalue weighted by molar-refractivity contribution is 5.78. The Hall–Kier alpha value is -1.81. The van der Waals surface area contributed by atoms with Crippen molar-refractivity contribution in [2.45, 2.75) is 39.3 Å². The smallest absolute Gasteiger partial charge is 0.323 e. The molecule has 4 nitrogen and oxygen atoms in total. The van der Waals surface area contributed by atoms with Crippen LogP contribution in [0.2, 0.25) is 0 Å². The van der Waals surface area contributed by atoms with E-state index < -0.39 is 0 Å². The second-order valence-corrected chi connectivity index (χ2v) is 5.46. The summed E-state index contributed by atoms with van der Waals surface area (Å²) in [7, 11) is 1.42. The van der Waals surface area contributed by atoms with Crippen LogP contribution < -0.4 is 5.32 Å². The summed E-state index contributed by atoms with van der Waals surface area (Å²) in [6, 6.07) is 9.51. The van der Waals surface area contributed by atoms with Crippen molar-refractivity contribution in [2.75, 3.05) is 7.11 Å². The number of methoxy groups -OCH3 is 1. The van der Waals surface area contributed by atoms with Gasteiger partial charge < -0.3 is 9.15 Å². The molecule has 114 valence electrons. The maximum absolute atomic E-state index is 11.9. The van der Waals surface area contributed by atoms with Crippen LogP contribution in [0.25, 0.3) is 11.0 Å². The van der Waals surface area contributed by atoms with E-state index in [1.807, 2.05) is 44.2 Å². The molecule has 1 N–H and O–H groups in total. The van der Waals surface area contributed by atoms with E-state index >= 15 is 0 Å². The lowest BCUT2D eigenvalue weighted by atomic mass is 9.98. The predicted octanol–water partition coefficient (Wildman–Crippen LogP) is 3.67. The van der Waals surface area contributed by atoms with Gasteiger partial charge in [0.25, 0.3) is 0 Å². The summed E-state index contributed by atoms with van der Waals surface area (Å²) in [4.78, 5) is 11.9. The Kier molecular flexibility index (Phi) is 5.02. The van der Waals surface area contributed by atoms with Crippen LogP contribution in [-0.2, 0) is 9.53 Å². The molecule has 4 heteroatoms. The molecule has 0 aliphatic heterocycles. The van der Waals surface area contributed by atoms with Gasteiger partial charge in [0.05, 0.1) is 13.2 Å². The molecule has 0 spiro atoms. The van der Waals surface area contributed by atoms with Crippen LogP contribution >= 0.6 is 0 Å². The van der Waals surface area contributed by atoms with Crippen molar-refractivity contribution < 1.29 is 13.9 Å². The standard InChI is InChI=1S/C17H23NO3/c1-5-11(2)16(17(19)20-4)18-12(3)15-10-13-8-6-7-9-14(13)21-15/h6-12,16,18H,5H2,1-4H3. The van der Waals surface area contributed by atoms with E-state index in [9.17, 15) is 4.79 Å². The van der Waals surface area contributed by atoms with E-state index in [0.29, 0.717) is 0 Å². The van der Waals surface area contributed by atoms with E-state index in [0.717, 1.165) is 23.2 Å². The van der Waals surface area contributed by atoms with Crippen molar-refractivity contribution in [1.82, 2.24) is 5.32 Å². The van der Waals surface area contributed by atoms with Gasteiger partial charge in [-0.25, -0.2) is 0 Å². The summed E-state index contributed by atoms with van der Waals surface area (Å²) in [6.07, 6.45) is 0.902. The van der Waals surface area contributed by atoms with Crippen molar-refractivity contribution >= 4 is 16.9 Å². The number of fused-ring (bicyclic) bond motifs is 1. The highest BCUT2D eigenvalue weighted by Gasteiger charge is 2.27. The van der Waals surface area contributed by atoms with Crippen LogP contribution in [0.3, 0.4) is 0 Å². The number of ether oxygens (including phenoxy) is 1. The third-order valence-electron chi connectivity index (χ3n) is 3.97. The highest BCUT2D eigenvalue weighted by atomic mass is 16.5. The second kappa shape index (κ2) is 6.76. The second-order valence-electron chi connectivity index (χ2n) is 5.46. The maximum atomic E-state index is 11.9. The lowest BCUT2D eigenvalue weighted by molar-refractivity contribution is -0.144. The Bertz CT molecular complexity index is 572. The highest BCUT2D eigenvalue weighted by Crippen LogP contribution is 2.24. The number of para-hydroxylation sites is 1. The van der Waals surface area contributed by atoms with Crippen molar-refractivity contribution in [3.63, 3.8) is 0 Å². The first kappa shape index (κ1) is 15.6. The topological polar surface area (TPSA) is 51.5 Å². The van der Waals surface area contributed by atoms with Gasteiger partial charge in [-0.1, -0.05) is 38.5 Å². The van der Waals surface area contributed by atoms with Crippen LogP contribution in [0.4, 0.5) is 0 Å². The van der Waals surface area contributed by atoms with Gasteiger partial charge >= 0.3 is 5.97 Å². The minimum atomic E-state index is -0.330. The van der Waals surface area contributed by atoms with Gasteiger partial charge in [-0.2, -0.15) is 0 Å². The number of furan rings is 1. The van der Waals surface area contributed by atoms with Gasteiger partial charge in [-0.3, -0.25) is 10.1 Å². The third kappa shape index (κ3) is 3.45. The average molecular weight is 289 g/mol. The number of carbonyl (C=O) groups is 1. The number of rotatable bonds is 6. The first-order valence-electron chi connectivity index (χ1n) is 7.39. The third-order valence-corrected chi connectivity index (χ3v) is 3.97. The van der Waals surface area contributed by atoms with E-state index in [1.165, 1.54) is 7.11 Å². The lowest BCUT2D eigenvalue weighted by Crippen LogP contribution is -2.43. The zero-order valence-corrected chi connectivity index (χ0v) is 13.1. The average Bonchev–Trinajstić information content (AvgIpc) is 2.95. The minimum Gasteiger partial charge on any atom is -0.468 e. The number of hydrogen-bond donors (Lipinski definition) is 1. The predicted molar refractivity (Wildman–Crippen MR) is 83.0 cm³/mol. The monoisotopic (exact) mass is 289 g/mol. The van der Waals surface area contributed by atoms with Crippen molar-refractivity contribution in [3.8, 4) is 0 Å². The molecule has 2 aromatic rings. The minimum absolute atomic E-state index is 0.0597. The number of carbonyl (C=O) groups excluding carboxylic acids is 1. The molecule has 21 heavy (non-hydrogen) atoms. The number of esters is 1. The zero-order chi connectivity index (χ0) is 15.4. The lowest BCUT2D eigenvalue weighted by Gasteiger charge is -2.24. The van der Waals surface area contributed by atoms with E-state index in [-0.39, 0.29) is 24.0 Å². The molecule has 0 saturated heterocycles. The van der Waals surface area contributed by atoms with E-state index in [2.05, 4.69) is 12.2 Å². The summed E-state index contributed by atoms with van der Waals surface area (Å²) in [5.41, 5.74) is 0.860. The largest absolute Gasteiger partial charge is 0.468 e. The fourth-order valence-corrected chi connectivity index (χ4v) is 2.39. The summed E-state index contributed by atoms with van der Waals surface area (Å²) in [5.74, 6) is 0.796. The molecule has 2 rings (SSSR count). The van der Waals surface area contributed by atoms with Gasteiger partial charge in [-0.05, 0) is 25.0 Å². The van der Waals surface area contributed by atoms with Gasteiger partial charge in [0.1, 0.15) is 17.4 Å². The summed E-state index contributed by atoms with van der Waals surface area (Å²) < 4.78 is 10.7. The Labute approximate surface area is 125 Å². The van der Waals surface area contributed by atoms with Crippen molar-refractivity contribution in [2.24, 2.45) is 5.92 Å². The molecule has 1 aromatic carbocycles. The molecule has 0 saturated carbocycles. The van der Waals surface area contributed by atoms with Crippen LogP contribution in [0.1, 0.15) is 39.0 Å². The normalized spacial score (nSPS) is 15.6. The molecule has 3 unspecified atom stereocenters. The Morgan fingerprint density at radius 2 is 2.05 bits per heavy atom.